The molecular formula is C14H22N2O4S. The van der Waals surface area contributed by atoms with Gasteiger partial charge in [0.1, 0.15) is 11.2 Å². The zero-order chi connectivity index (χ0) is 16.3. The summed E-state index contributed by atoms with van der Waals surface area (Å²) in [4.78, 5) is 23.2. The molecule has 0 aliphatic rings. The van der Waals surface area contributed by atoms with E-state index >= 15 is 0 Å². The fourth-order valence-electron chi connectivity index (χ4n) is 1.29. The van der Waals surface area contributed by atoms with E-state index in [1.54, 1.807) is 53.0 Å². The lowest BCUT2D eigenvalue weighted by molar-refractivity contribution is 0.0625. The van der Waals surface area contributed by atoms with E-state index in [9.17, 15) is 9.59 Å². The van der Waals surface area contributed by atoms with Crippen molar-refractivity contribution in [1.29, 1.82) is 0 Å². The van der Waals surface area contributed by atoms with Crippen LogP contribution < -0.4 is 10.6 Å². The van der Waals surface area contributed by atoms with E-state index in [-0.39, 0.29) is 0 Å². The molecule has 6 nitrogen and oxygen atoms in total. The van der Waals surface area contributed by atoms with Crippen LogP contribution in [-0.2, 0) is 9.47 Å². The summed E-state index contributed by atoms with van der Waals surface area (Å²) in [5, 5.41) is 7.49. The van der Waals surface area contributed by atoms with Gasteiger partial charge in [-0.15, -0.1) is 11.3 Å². The first-order chi connectivity index (χ1) is 9.44. The first kappa shape index (κ1) is 17.3. The molecule has 1 heterocycles. The van der Waals surface area contributed by atoms with Crippen LogP contribution >= 0.6 is 11.3 Å². The highest BCUT2D eigenvalue weighted by Gasteiger charge is 2.18. The number of amides is 2. The summed E-state index contributed by atoms with van der Waals surface area (Å²) in [5.41, 5.74) is -0.559. The predicted octanol–water partition coefficient (Wildman–Crippen LogP) is 4.44. The fraction of sp³-hybridized carbons (Fsp3) is 0.571. The lowest BCUT2D eigenvalue weighted by atomic mass is 10.2. The highest BCUT2D eigenvalue weighted by atomic mass is 32.1. The van der Waals surface area contributed by atoms with Crippen LogP contribution in [0.25, 0.3) is 0 Å². The Labute approximate surface area is 128 Å². The quantitative estimate of drug-likeness (QED) is 0.846. The van der Waals surface area contributed by atoms with Crippen LogP contribution in [0.5, 0.6) is 0 Å². The minimum absolute atomic E-state index is 0.534. The number of nitrogens with one attached hydrogen (secondary N) is 2. The molecule has 21 heavy (non-hydrogen) atoms. The summed E-state index contributed by atoms with van der Waals surface area (Å²) in [5.74, 6) is 0. The Kier molecular flexibility index (Phi) is 5.22. The molecule has 0 aliphatic carbocycles. The van der Waals surface area contributed by atoms with Gasteiger partial charge in [-0.25, -0.2) is 9.59 Å². The minimum atomic E-state index is -0.558. The number of hydrogen-bond acceptors (Lipinski definition) is 5. The van der Waals surface area contributed by atoms with Crippen LogP contribution in [0.1, 0.15) is 41.5 Å². The standard InChI is InChI=1S/C14H22N2O4S/c1-13(2,3)19-11(17)15-9-7-10(21-8-9)16-12(18)20-14(4,5)6/h7-8H,1-6H3,(H,15,17)(H,16,18). The van der Waals surface area contributed by atoms with Crippen LogP contribution in [0, 0.1) is 0 Å². The Morgan fingerprint density at radius 2 is 1.43 bits per heavy atom. The first-order valence-electron chi connectivity index (χ1n) is 6.53. The van der Waals surface area contributed by atoms with Gasteiger partial charge in [-0.2, -0.15) is 0 Å². The molecule has 0 saturated carbocycles. The highest BCUT2D eigenvalue weighted by Crippen LogP contribution is 2.25. The van der Waals surface area contributed by atoms with Crippen LogP contribution in [0.15, 0.2) is 11.4 Å². The normalized spacial score (nSPS) is 11.7. The Morgan fingerprint density at radius 3 is 1.90 bits per heavy atom. The van der Waals surface area contributed by atoms with Crippen molar-refractivity contribution >= 4 is 34.2 Å². The van der Waals surface area contributed by atoms with Crippen molar-refractivity contribution in [1.82, 2.24) is 0 Å². The van der Waals surface area contributed by atoms with Crippen molar-refractivity contribution in [3.8, 4) is 0 Å². The molecule has 0 atom stereocenters. The van der Waals surface area contributed by atoms with Gasteiger partial charge in [0.25, 0.3) is 0 Å². The molecule has 0 spiro atoms. The van der Waals surface area contributed by atoms with Gasteiger partial charge in [0, 0.05) is 5.38 Å². The van der Waals surface area contributed by atoms with E-state index in [2.05, 4.69) is 10.6 Å². The third-order valence-electron chi connectivity index (χ3n) is 1.87. The molecule has 0 bridgehead atoms. The summed E-state index contributed by atoms with van der Waals surface area (Å²) in [7, 11) is 0. The van der Waals surface area contributed by atoms with Gasteiger partial charge in [0.2, 0.25) is 0 Å². The SMILES string of the molecule is CC(C)(C)OC(=O)Nc1csc(NC(=O)OC(C)(C)C)c1. The molecule has 1 aromatic heterocycles. The number of ether oxygens (including phenoxy) is 2. The number of thiophene rings is 1. The molecule has 1 aromatic rings. The molecular weight excluding hydrogens is 292 g/mol. The Balaban J connectivity index is 2.54. The first-order valence-corrected chi connectivity index (χ1v) is 7.41. The van der Waals surface area contributed by atoms with E-state index in [1.165, 1.54) is 11.3 Å². The zero-order valence-corrected chi connectivity index (χ0v) is 14.0. The molecule has 0 aromatic carbocycles. The molecule has 0 unspecified atom stereocenters. The van der Waals surface area contributed by atoms with Crippen LogP contribution in [0.2, 0.25) is 0 Å². The molecule has 0 fully saturated rings. The second-order valence-electron chi connectivity index (χ2n) is 6.45. The van der Waals surface area contributed by atoms with Gasteiger partial charge in [-0.3, -0.25) is 10.6 Å². The highest BCUT2D eigenvalue weighted by molar-refractivity contribution is 7.14. The molecule has 0 saturated heterocycles. The van der Waals surface area contributed by atoms with Gasteiger partial charge in [0.15, 0.2) is 0 Å². The topological polar surface area (TPSA) is 76.7 Å². The monoisotopic (exact) mass is 314 g/mol. The van der Waals surface area contributed by atoms with Gasteiger partial charge < -0.3 is 9.47 Å². The van der Waals surface area contributed by atoms with Crippen molar-refractivity contribution in [3.63, 3.8) is 0 Å². The maximum atomic E-state index is 11.6. The van der Waals surface area contributed by atoms with Gasteiger partial charge >= 0.3 is 12.2 Å². The molecule has 1 rings (SSSR count). The summed E-state index contributed by atoms with van der Waals surface area (Å²) in [6.45, 7) is 10.7. The van der Waals surface area contributed by atoms with Gasteiger partial charge in [-0.1, -0.05) is 0 Å². The van der Waals surface area contributed by atoms with E-state index < -0.39 is 23.4 Å². The maximum absolute atomic E-state index is 11.6. The van der Waals surface area contributed by atoms with E-state index in [0.717, 1.165) is 0 Å². The molecule has 118 valence electrons. The van der Waals surface area contributed by atoms with Crippen molar-refractivity contribution in [2.45, 2.75) is 52.7 Å². The average Bonchev–Trinajstić information content (AvgIpc) is 2.58. The summed E-state index contributed by atoms with van der Waals surface area (Å²) >= 11 is 1.28. The second-order valence-corrected chi connectivity index (χ2v) is 7.36. The van der Waals surface area contributed by atoms with Gasteiger partial charge in [-0.05, 0) is 47.6 Å². The van der Waals surface area contributed by atoms with E-state index in [0.29, 0.717) is 10.7 Å². The Bertz CT molecular complexity index is 467. The predicted molar refractivity (Wildman–Crippen MR) is 84.0 cm³/mol. The average molecular weight is 314 g/mol. The summed E-state index contributed by atoms with van der Waals surface area (Å²) in [6, 6.07) is 1.64. The smallest absolute Gasteiger partial charge is 0.412 e. The molecule has 0 radical (unpaired) electrons. The molecule has 2 amide bonds. The van der Waals surface area contributed by atoms with Crippen molar-refractivity contribution in [2.24, 2.45) is 0 Å². The van der Waals surface area contributed by atoms with E-state index in [1.807, 2.05) is 0 Å². The molecule has 0 aliphatic heterocycles. The number of rotatable bonds is 2. The van der Waals surface area contributed by atoms with Crippen molar-refractivity contribution in [3.05, 3.63) is 11.4 Å². The lowest BCUT2D eigenvalue weighted by Gasteiger charge is -2.19. The van der Waals surface area contributed by atoms with Crippen molar-refractivity contribution in [2.75, 3.05) is 10.6 Å². The molecule has 7 heteroatoms. The lowest BCUT2D eigenvalue weighted by Crippen LogP contribution is -2.27. The second kappa shape index (κ2) is 6.34. The maximum Gasteiger partial charge on any atom is 0.412 e. The number of carbonyl (C=O) groups is 2. The Hall–Kier alpha value is -1.76. The number of hydrogen-bond donors (Lipinski definition) is 2. The molecule has 2 N–H and O–H groups in total. The Morgan fingerprint density at radius 1 is 0.952 bits per heavy atom. The third kappa shape index (κ3) is 7.55. The zero-order valence-electron chi connectivity index (χ0n) is 13.2. The van der Waals surface area contributed by atoms with Gasteiger partial charge in [0.05, 0.1) is 10.7 Å². The van der Waals surface area contributed by atoms with E-state index in [4.69, 9.17) is 9.47 Å². The van der Waals surface area contributed by atoms with Crippen LogP contribution in [0.3, 0.4) is 0 Å². The number of anilines is 2. The summed E-state index contributed by atoms with van der Waals surface area (Å²) in [6.07, 6.45) is -1.07. The van der Waals surface area contributed by atoms with Crippen LogP contribution in [-0.4, -0.2) is 23.4 Å². The third-order valence-corrected chi connectivity index (χ3v) is 2.71. The largest absolute Gasteiger partial charge is 0.444 e. The fourth-order valence-corrected chi connectivity index (χ4v) is 2.01. The summed E-state index contributed by atoms with van der Waals surface area (Å²) < 4.78 is 10.3. The number of carbonyl (C=O) groups excluding carboxylic acids is 2. The van der Waals surface area contributed by atoms with Crippen LogP contribution in [0.4, 0.5) is 20.3 Å². The minimum Gasteiger partial charge on any atom is -0.444 e. The van der Waals surface area contributed by atoms with Crippen molar-refractivity contribution < 1.29 is 19.1 Å².